The second-order valence-corrected chi connectivity index (χ2v) is 15.3. The van der Waals surface area contributed by atoms with Crippen molar-refractivity contribution in [3.63, 3.8) is 0 Å². The summed E-state index contributed by atoms with van der Waals surface area (Å²) in [4.78, 5) is 11.3. The van der Waals surface area contributed by atoms with E-state index in [2.05, 4.69) is 17.7 Å². The van der Waals surface area contributed by atoms with E-state index in [0.717, 1.165) is 0 Å². The summed E-state index contributed by atoms with van der Waals surface area (Å²) in [5, 5.41) is 66.4. The Hall–Kier alpha value is -1.04. The van der Waals surface area contributed by atoms with Gasteiger partial charge in [-0.15, -0.1) is 0 Å². The molecule has 0 spiro atoms. The van der Waals surface area contributed by atoms with Gasteiger partial charge in [0.2, 0.25) is 20.8 Å². The molecule has 4 aliphatic heterocycles. The van der Waals surface area contributed by atoms with Crippen LogP contribution in [0.15, 0.2) is 0 Å². The van der Waals surface area contributed by atoms with Gasteiger partial charge in [0.1, 0.15) is 60.2 Å². The lowest BCUT2D eigenvalue weighted by Gasteiger charge is -2.48. The molecule has 0 aromatic heterocycles. The predicted octanol–water partition coefficient (Wildman–Crippen LogP) is -6.39. The molecule has 4 aliphatic rings. The van der Waals surface area contributed by atoms with Gasteiger partial charge in [-0.1, -0.05) is 13.8 Å². The largest absolute Gasteiger partial charge is 0.726 e. The fourth-order valence-corrected chi connectivity index (χ4v) is 7.57. The number of carbonyl (C=O) groups is 1. The number of carbonyl (C=O) groups excluding carboxylic acids is 1. The predicted molar refractivity (Wildman–Crippen MR) is 153 cm³/mol. The minimum absolute atomic E-state index is 0.275. The maximum absolute atomic E-state index is 11.4. The SMILES string of the molecule is CCC1OC(C=O)C(O)C1OC1OCC(OC2OC(COS(=O)(=O)[O-])C(OC3OCC(C)C(O)C3OS(=O)(=O)[O-])C(O)C2S(=N)OO[O-])C(O)C1O. The Labute approximate surface area is 298 Å². The lowest BCUT2D eigenvalue weighted by molar-refractivity contribution is -0.778. The highest BCUT2D eigenvalue weighted by molar-refractivity contribution is 7.82. The van der Waals surface area contributed by atoms with Crippen molar-refractivity contribution in [3.05, 3.63) is 0 Å². The zero-order chi connectivity index (χ0) is 38.7. The Morgan fingerprint density at radius 3 is 2.04 bits per heavy atom. The molecule has 0 saturated carbocycles. The summed E-state index contributed by atoms with van der Waals surface area (Å²) in [5.41, 5.74) is 0. The fourth-order valence-electron chi connectivity index (χ4n) is 5.91. The molecule has 25 nitrogen and oxygen atoms in total. The van der Waals surface area contributed by atoms with Crippen LogP contribution in [0.5, 0.6) is 0 Å². The number of hydrogen-bond acceptors (Lipinski definition) is 25. The van der Waals surface area contributed by atoms with E-state index < -0.39 is 148 Å². The summed E-state index contributed by atoms with van der Waals surface area (Å²) >= 11 is 0. The maximum atomic E-state index is 11.4. The van der Waals surface area contributed by atoms with Crippen LogP contribution in [0.25, 0.3) is 0 Å². The van der Waals surface area contributed by atoms with Crippen LogP contribution in [0.2, 0.25) is 0 Å². The van der Waals surface area contributed by atoms with Gasteiger partial charge in [0, 0.05) is 5.92 Å². The monoisotopic (exact) mass is 820 g/mol. The number of nitrogens with one attached hydrogen (secondary N) is 1. The average Bonchev–Trinajstić information content (AvgIpc) is 3.37. The molecule has 304 valence electrons. The van der Waals surface area contributed by atoms with Crippen molar-refractivity contribution in [2.45, 2.75) is 118 Å². The number of ether oxygens (including phenoxy) is 7. The molecule has 52 heavy (non-hydrogen) atoms. The Morgan fingerprint density at radius 1 is 0.808 bits per heavy atom. The number of aldehydes is 1. The highest BCUT2D eigenvalue weighted by atomic mass is 32.3. The second-order valence-electron chi connectivity index (χ2n) is 12.0. The number of hydrogen-bond donors (Lipinski definition) is 6. The van der Waals surface area contributed by atoms with E-state index in [9.17, 15) is 61.5 Å². The minimum atomic E-state index is -5.52. The molecule has 0 bridgehead atoms. The molecule has 4 fully saturated rings. The maximum Gasteiger partial charge on any atom is 0.218 e. The number of aliphatic hydroxyl groups excluding tert-OH is 5. The third-order valence-corrected chi connectivity index (χ3v) is 10.6. The van der Waals surface area contributed by atoms with Gasteiger partial charge in [-0.05, 0) is 6.42 Å². The summed E-state index contributed by atoms with van der Waals surface area (Å²) in [6.45, 7) is 0.809. The van der Waals surface area contributed by atoms with E-state index in [1.807, 2.05) is 0 Å². The van der Waals surface area contributed by atoms with E-state index in [4.69, 9.17) is 37.9 Å². The summed E-state index contributed by atoms with van der Waals surface area (Å²) < 4.78 is 128. The van der Waals surface area contributed by atoms with Crippen molar-refractivity contribution in [2.75, 3.05) is 19.8 Å². The lowest BCUT2D eigenvalue weighted by atomic mass is 9.96. The van der Waals surface area contributed by atoms with Gasteiger partial charge in [0.05, 0.1) is 43.0 Å². The zero-order valence-corrected chi connectivity index (χ0v) is 29.4. The van der Waals surface area contributed by atoms with Crippen molar-refractivity contribution in [1.82, 2.24) is 0 Å². The van der Waals surface area contributed by atoms with Gasteiger partial charge in [0.25, 0.3) is 0 Å². The van der Waals surface area contributed by atoms with Crippen LogP contribution in [-0.4, -0.2) is 175 Å². The van der Waals surface area contributed by atoms with E-state index in [-0.39, 0.29) is 13.0 Å². The van der Waals surface area contributed by atoms with Gasteiger partial charge in [-0.2, -0.15) is 4.33 Å². The van der Waals surface area contributed by atoms with Crippen LogP contribution in [0.3, 0.4) is 0 Å². The van der Waals surface area contributed by atoms with Gasteiger partial charge in [-0.3, -0.25) is 18.2 Å². The van der Waals surface area contributed by atoms with Crippen LogP contribution in [0.1, 0.15) is 20.3 Å². The summed E-state index contributed by atoms with van der Waals surface area (Å²) in [6.07, 6.45) is -25.2. The smallest absolute Gasteiger partial charge is 0.218 e. The highest BCUT2D eigenvalue weighted by Crippen LogP contribution is 2.35. The number of rotatable bonds is 16. The molecule has 18 atom stereocenters. The first-order valence-electron chi connectivity index (χ1n) is 15.3. The highest BCUT2D eigenvalue weighted by Gasteiger charge is 2.54. The van der Waals surface area contributed by atoms with Crippen molar-refractivity contribution in [2.24, 2.45) is 5.92 Å². The molecular formula is C24H38NO24S3-3. The molecule has 0 aromatic carbocycles. The first kappa shape index (κ1) is 43.7. The molecule has 4 saturated heterocycles. The third kappa shape index (κ3) is 10.6. The van der Waals surface area contributed by atoms with Gasteiger partial charge in [-0.25, -0.2) is 16.8 Å². The minimum Gasteiger partial charge on any atom is -0.726 e. The summed E-state index contributed by atoms with van der Waals surface area (Å²) in [7, 11) is -13.6. The standard InChI is InChI=1S/C24H41NO24S3/c1-3-9-18(15(29)10(4-26)42-9)45-22-16(30)14(28)11(6-40-22)43-24-21(50(25)49-48-32)17(31)19(12(44-24)7-41-51(33,34)35)46-23-20(47-52(36,37)38)13(27)8(2)5-39-23/h4,8-25,27-32H,3,5-7H2,1-2H3,(H,33,34,35)(H,36,37,38)/p-3. The normalized spacial score (nSPS) is 44.0. The van der Waals surface area contributed by atoms with Crippen LogP contribution in [0.4, 0.5) is 0 Å². The molecule has 6 N–H and O–H groups in total. The first-order chi connectivity index (χ1) is 24.3. The van der Waals surface area contributed by atoms with Crippen LogP contribution < -0.4 is 5.26 Å². The second kappa shape index (κ2) is 18.3. The van der Waals surface area contributed by atoms with Gasteiger partial charge < -0.3 is 77.8 Å². The van der Waals surface area contributed by atoms with Crippen molar-refractivity contribution in [1.29, 1.82) is 4.78 Å². The van der Waals surface area contributed by atoms with E-state index in [1.54, 1.807) is 6.92 Å². The molecule has 0 aliphatic carbocycles. The van der Waals surface area contributed by atoms with Crippen molar-refractivity contribution in [3.8, 4) is 0 Å². The molecule has 0 aromatic rings. The molecule has 4 rings (SSSR count). The summed E-state index contributed by atoms with van der Waals surface area (Å²) in [5.74, 6) is -0.835. The quantitative estimate of drug-likeness (QED) is 0.0277. The van der Waals surface area contributed by atoms with Crippen LogP contribution in [-0.2, 0) is 87.5 Å². The van der Waals surface area contributed by atoms with Crippen molar-refractivity contribution < 1.29 is 112 Å². The zero-order valence-electron chi connectivity index (χ0n) is 26.9. The van der Waals surface area contributed by atoms with Crippen LogP contribution >= 0.6 is 0 Å². The Morgan fingerprint density at radius 2 is 1.44 bits per heavy atom. The fraction of sp³-hybridized carbons (Fsp3) is 0.958. The van der Waals surface area contributed by atoms with E-state index >= 15 is 0 Å². The third-order valence-electron chi connectivity index (χ3n) is 8.52. The van der Waals surface area contributed by atoms with Gasteiger partial charge in [0.15, 0.2) is 31.3 Å². The molecule has 4 heterocycles. The van der Waals surface area contributed by atoms with Crippen LogP contribution in [0, 0.1) is 10.7 Å². The molecule has 0 radical (unpaired) electrons. The molecule has 18 unspecified atom stereocenters. The van der Waals surface area contributed by atoms with E-state index in [0.29, 0.717) is 6.29 Å². The summed E-state index contributed by atoms with van der Waals surface area (Å²) in [6, 6.07) is 0. The number of aliphatic hydroxyl groups is 5. The van der Waals surface area contributed by atoms with Gasteiger partial charge >= 0.3 is 0 Å². The topological polar surface area (TPSA) is 381 Å². The lowest BCUT2D eigenvalue weighted by Crippen LogP contribution is -2.65. The first-order valence-corrected chi connectivity index (χ1v) is 19.2. The molecular weight excluding hydrogens is 782 g/mol. The molecule has 0 amide bonds. The Bertz CT molecular complexity index is 1420. The Balaban J connectivity index is 1.57. The average molecular weight is 821 g/mol. The van der Waals surface area contributed by atoms with E-state index in [1.165, 1.54) is 6.92 Å². The Kier molecular flexibility index (Phi) is 15.3. The van der Waals surface area contributed by atoms with Crippen molar-refractivity contribution >= 4 is 38.1 Å². The molecule has 28 heteroatoms.